The van der Waals surface area contributed by atoms with Crippen molar-refractivity contribution < 1.29 is 19.1 Å². The van der Waals surface area contributed by atoms with E-state index < -0.39 is 11.6 Å². The molecule has 7 heteroatoms. The Balaban J connectivity index is 2.19. The Labute approximate surface area is 162 Å². The van der Waals surface area contributed by atoms with Gasteiger partial charge in [-0.3, -0.25) is 14.4 Å². The van der Waals surface area contributed by atoms with Crippen molar-refractivity contribution in [2.45, 2.75) is 38.8 Å². The number of carbonyl (C=O) groups excluding carboxylic acids is 3. The molecule has 1 fully saturated rings. The van der Waals surface area contributed by atoms with E-state index in [9.17, 15) is 14.4 Å². The Kier molecular flexibility index (Phi) is 6.58. The van der Waals surface area contributed by atoms with Crippen molar-refractivity contribution in [3.8, 4) is 0 Å². The van der Waals surface area contributed by atoms with Crippen molar-refractivity contribution in [3.05, 3.63) is 34.3 Å². The van der Waals surface area contributed by atoms with Crippen LogP contribution in [0.3, 0.4) is 0 Å². The lowest BCUT2D eigenvalue weighted by Crippen LogP contribution is -2.58. The number of halogens is 1. The van der Waals surface area contributed by atoms with Gasteiger partial charge in [0, 0.05) is 17.1 Å². The number of nitrogens with one attached hydrogen (secondary N) is 1. The first-order chi connectivity index (χ1) is 12.1. The van der Waals surface area contributed by atoms with Gasteiger partial charge in [0.2, 0.25) is 5.91 Å². The second-order valence-corrected chi connectivity index (χ2v) is 8.17. The fourth-order valence-corrected chi connectivity index (χ4v) is 3.30. The van der Waals surface area contributed by atoms with E-state index in [2.05, 4.69) is 21.2 Å². The van der Waals surface area contributed by atoms with Crippen LogP contribution in [0.5, 0.6) is 0 Å². The topological polar surface area (TPSA) is 75.7 Å². The molecule has 2 atom stereocenters. The smallest absolute Gasteiger partial charge is 0.251 e. The lowest BCUT2D eigenvalue weighted by atomic mass is 9.95. The third kappa shape index (κ3) is 4.51. The van der Waals surface area contributed by atoms with Crippen LogP contribution in [0, 0.1) is 5.92 Å². The van der Waals surface area contributed by atoms with Gasteiger partial charge in [-0.05, 0) is 37.5 Å². The summed E-state index contributed by atoms with van der Waals surface area (Å²) in [5.74, 6) is -0.542. The molecule has 2 amide bonds. The summed E-state index contributed by atoms with van der Waals surface area (Å²) in [6.45, 7) is 5.84. The molecular weight excluding hydrogens is 400 g/mol. The van der Waals surface area contributed by atoms with Gasteiger partial charge in [0.25, 0.3) is 5.91 Å². The fraction of sp³-hybridized carbons (Fsp3) is 0.526. The molecule has 0 radical (unpaired) electrons. The molecule has 2 unspecified atom stereocenters. The molecular formula is C19H25BrN2O4. The van der Waals surface area contributed by atoms with Gasteiger partial charge in [-0.2, -0.15) is 0 Å². The quantitative estimate of drug-likeness (QED) is 0.760. The van der Waals surface area contributed by atoms with Crippen molar-refractivity contribution in [3.63, 3.8) is 0 Å². The number of benzene rings is 1. The first kappa shape index (κ1) is 20.6. The van der Waals surface area contributed by atoms with E-state index in [1.165, 1.54) is 4.90 Å². The summed E-state index contributed by atoms with van der Waals surface area (Å²) in [6, 6.07) is 6.27. The number of rotatable bonds is 6. The summed E-state index contributed by atoms with van der Waals surface area (Å²) in [4.78, 5) is 39.2. The molecule has 0 aliphatic carbocycles. The van der Waals surface area contributed by atoms with Gasteiger partial charge in [-0.15, -0.1) is 0 Å². The molecule has 1 aromatic carbocycles. The maximum Gasteiger partial charge on any atom is 0.251 e. The maximum atomic E-state index is 13.0. The standard InChI is InChI=1S/C19H25BrN2O4/c1-12(2)8-15(21-17(24)13-6-5-7-14(20)9-13)18(25)22(4)19(3)11-26-10-16(19)23/h5-7,9,12,15H,8,10-11H2,1-4H3,(H,21,24). The van der Waals surface area contributed by atoms with E-state index in [0.717, 1.165) is 4.47 Å². The Morgan fingerprint density at radius 3 is 2.62 bits per heavy atom. The summed E-state index contributed by atoms with van der Waals surface area (Å²) in [7, 11) is 1.59. The Morgan fingerprint density at radius 1 is 1.38 bits per heavy atom. The Bertz CT molecular complexity index is 707. The van der Waals surface area contributed by atoms with Crippen LogP contribution in [-0.2, 0) is 14.3 Å². The molecule has 2 rings (SSSR count). The molecule has 6 nitrogen and oxygen atoms in total. The van der Waals surface area contributed by atoms with Gasteiger partial charge in [-0.1, -0.05) is 35.8 Å². The Morgan fingerprint density at radius 2 is 2.08 bits per heavy atom. The van der Waals surface area contributed by atoms with Crippen LogP contribution in [0.4, 0.5) is 0 Å². The van der Waals surface area contributed by atoms with Crippen LogP contribution in [0.25, 0.3) is 0 Å². The molecule has 1 aromatic rings. The van der Waals surface area contributed by atoms with Crippen LogP contribution >= 0.6 is 15.9 Å². The lowest BCUT2D eigenvalue weighted by Gasteiger charge is -2.35. The first-order valence-corrected chi connectivity index (χ1v) is 9.39. The van der Waals surface area contributed by atoms with Crippen molar-refractivity contribution in [1.29, 1.82) is 0 Å². The van der Waals surface area contributed by atoms with E-state index in [1.807, 2.05) is 19.9 Å². The Hall–Kier alpha value is -1.73. The molecule has 0 aromatic heterocycles. The van der Waals surface area contributed by atoms with Crippen molar-refractivity contribution in [2.75, 3.05) is 20.3 Å². The van der Waals surface area contributed by atoms with Gasteiger partial charge in [0.15, 0.2) is 5.78 Å². The fourth-order valence-electron chi connectivity index (χ4n) is 2.90. The largest absolute Gasteiger partial charge is 0.371 e. The number of ketones is 1. The molecule has 26 heavy (non-hydrogen) atoms. The van der Waals surface area contributed by atoms with E-state index in [1.54, 1.807) is 32.2 Å². The zero-order valence-corrected chi connectivity index (χ0v) is 17.1. The monoisotopic (exact) mass is 424 g/mol. The average Bonchev–Trinajstić information content (AvgIpc) is 2.92. The number of Topliss-reactive ketones (excluding diaryl/α,β-unsaturated/α-hetero) is 1. The zero-order chi connectivity index (χ0) is 19.5. The molecule has 142 valence electrons. The van der Waals surface area contributed by atoms with Crippen LogP contribution in [-0.4, -0.2) is 54.3 Å². The van der Waals surface area contributed by atoms with E-state index >= 15 is 0 Å². The predicted molar refractivity (Wildman–Crippen MR) is 102 cm³/mol. The zero-order valence-electron chi connectivity index (χ0n) is 15.5. The highest BCUT2D eigenvalue weighted by atomic mass is 79.9. The minimum absolute atomic E-state index is 0.00731. The third-order valence-corrected chi connectivity index (χ3v) is 5.18. The normalized spacial score (nSPS) is 20.9. The summed E-state index contributed by atoms with van der Waals surface area (Å²) >= 11 is 3.34. The van der Waals surface area contributed by atoms with Crippen LogP contribution in [0.15, 0.2) is 28.7 Å². The third-order valence-electron chi connectivity index (χ3n) is 4.69. The van der Waals surface area contributed by atoms with Gasteiger partial charge < -0.3 is 15.0 Å². The molecule has 1 saturated heterocycles. The molecule has 1 aliphatic heterocycles. The van der Waals surface area contributed by atoms with Gasteiger partial charge in [0.05, 0.1) is 6.61 Å². The molecule has 1 heterocycles. The van der Waals surface area contributed by atoms with Crippen molar-refractivity contribution >= 4 is 33.5 Å². The highest BCUT2D eigenvalue weighted by Crippen LogP contribution is 2.23. The number of likely N-dealkylation sites (N-methyl/N-ethyl adjacent to an activating group) is 1. The minimum atomic E-state index is -0.993. The summed E-state index contributed by atoms with van der Waals surface area (Å²) < 4.78 is 6.02. The minimum Gasteiger partial charge on any atom is -0.371 e. The number of ether oxygens (including phenoxy) is 1. The number of hydrogen-bond donors (Lipinski definition) is 1. The summed E-state index contributed by atoms with van der Waals surface area (Å²) in [5, 5.41) is 2.82. The van der Waals surface area contributed by atoms with E-state index in [4.69, 9.17) is 4.74 Å². The van der Waals surface area contributed by atoms with Crippen LogP contribution < -0.4 is 5.32 Å². The van der Waals surface area contributed by atoms with E-state index in [-0.39, 0.29) is 36.7 Å². The van der Waals surface area contributed by atoms with Crippen molar-refractivity contribution in [1.82, 2.24) is 10.2 Å². The second-order valence-electron chi connectivity index (χ2n) is 7.25. The molecule has 1 N–H and O–H groups in total. The number of amides is 2. The molecule has 0 saturated carbocycles. The van der Waals surface area contributed by atoms with Gasteiger partial charge in [-0.25, -0.2) is 0 Å². The number of hydrogen-bond acceptors (Lipinski definition) is 4. The summed E-state index contributed by atoms with van der Waals surface area (Å²) in [5.41, 5.74) is -0.526. The van der Waals surface area contributed by atoms with Gasteiger partial charge in [0.1, 0.15) is 18.2 Å². The number of nitrogens with zero attached hydrogens (tertiary/aromatic N) is 1. The lowest BCUT2D eigenvalue weighted by molar-refractivity contribution is -0.143. The highest BCUT2D eigenvalue weighted by molar-refractivity contribution is 9.10. The van der Waals surface area contributed by atoms with E-state index in [0.29, 0.717) is 12.0 Å². The average molecular weight is 425 g/mol. The number of carbonyl (C=O) groups is 3. The maximum absolute atomic E-state index is 13.0. The SMILES string of the molecule is CC(C)CC(NC(=O)c1cccc(Br)c1)C(=O)N(C)C1(C)COCC1=O. The first-order valence-electron chi connectivity index (χ1n) is 8.60. The highest BCUT2D eigenvalue weighted by Gasteiger charge is 2.45. The molecule has 0 bridgehead atoms. The predicted octanol–water partition coefficient (Wildman–Crippen LogP) is 2.41. The summed E-state index contributed by atoms with van der Waals surface area (Å²) in [6.07, 6.45) is 0.480. The van der Waals surface area contributed by atoms with Gasteiger partial charge >= 0.3 is 0 Å². The van der Waals surface area contributed by atoms with Crippen molar-refractivity contribution in [2.24, 2.45) is 5.92 Å². The molecule has 1 aliphatic rings. The van der Waals surface area contributed by atoms with Crippen LogP contribution in [0.2, 0.25) is 0 Å². The molecule has 0 spiro atoms. The van der Waals surface area contributed by atoms with Crippen LogP contribution in [0.1, 0.15) is 37.6 Å². The second kappa shape index (κ2) is 8.31.